The van der Waals surface area contributed by atoms with Crippen LogP contribution in [-0.2, 0) is 4.79 Å². The molecule has 0 fully saturated rings. The Kier molecular flexibility index (Phi) is 4.24. The number of carboxylic acid groups (broad SMARTS) is 1. The predicted molar refractivity (Wildman–Crippen MR) is 64.6 cm³/mol. The highest BCUT2D eigenvalue weighted by molar-refractivity contribution is 9.10. The van der Waals surface area contributed by atoms with Gasteiger partial charge in [-0.15, -0.1) is 0 Å². The average molecular weight is 285 g/mol. The Hall–Kier alpha value is -1.16. The Morgan fingerprint density at radius 3 is 2.62 bits per heavy atom. The van der Waals surface area contributed by atoms with Gasteiger partial charge >= 0.3 is 5.97 Å². The van der Waals surface area contributed by atoms with Crippen molar-refractivity contribution in [2.45, 2.75) is 20.3 Å². The average Bonchev–Trinajstić information content (AvgIpc) is 2.21. The molecule has 0 radical (unpaired) electrons. The van der Waals surface area contributed by atoms with E-state index in [1.807, 2.05) is 19.1 Å². The quantitative estimate of drug-likeness (QED) is 0.865. The van der Waals surface area contributed by atoms with Gasteiger partial charge in [-0.3, -0.25) is 9.59 Å². The lowest BCUT2D eigenvalue weighted by atomic mass is 9.97. The molecule has 0 aliphatic heterocycles. The van der Waals surface area contributed by atoms with Crippen LogP contribution in [0.2, 0.25) is 0 Å². The van der Waals surface area contributed by atoms with Gasteiger partial charge < -0.3 is 5.11 Å². The van der Waals surface area contributed by atoms with Crippen LogP contribution >= 0.6 is 15.9 Å². The summed E-state index contributed by atoms with van der Waals surface area (Å²) in [4.78, 5) is 22.5. The molecule has 0 amide bonds. The molecular formula is C12H13BrO3. The number of hydrogen-bond donors (Lipinski definition) is 1. The van der Waals surface area contributed by atoms with Crippen LogP contribution in [0, 0.1) is 12.8 Å². The molecule has 1 aromatic carbocycles. The number of carbonyl (C=O) groups excluding carboxylic acids is 1. The van der Waals surface area contributed by atoms with Crippen LogP contribution in [0.5, 0.6) is 0 Å². The number of Topliss-reactive ketones (excluding diaryl/α,β-unsaturated/α-hetero) is 1. The smallest absolute Gasteiger partial charge is 0.306 e. The molecule has 0 aliphatic rings. The Morgan fingerprint density at radius 2 is 2.06 bits per heavy atom. The van der Waals surface area contributed by atoms with Crippen molar-refractivity contribution >= 4 is 27.7 Å². The Bertz CT molecular complexity index is 426. The molecule has 0 saturated carbocycles. The first-order valence-electron chi connectivity index (χ1n) is 4.94. The molecule has 1 N–H and O–H groups in total. The molecule has 1 unspecified atom stereocenters. The highest BCUT2D eigenvalue weighted by Gasteiger charge is 2.18. The van der Waals surface area contributed by atoms with E-state index in [-0.39, 0.29) is 12.2 Å². The van der Waals surface area contributed by atoms with E-state index >= 15 is 0 Å². The summed E-state index contributed by atoms with van der Waals surface area (Å²) in [6, 6.07) is 5.42. The Labute approximate surface area is 103 Å². The van der Waals surface area contributed by atoms with Crippen molar-refractivity contribution < 1.29 is 14.7 Å². The summed E-state index contributed by atoms with van der Waals surface area (Å²) < 4.78 is 0.824. The van der Waals surface area contributed by atoms with Crippen molar-refractivity contribution in [3.8, 4) is 0 Å². The summed E-state index contributed by atoms with van der Waals surface area (Å²) in [5, 5.41) is 8.74. The first-order valence-corrected chi connectivity index (χ1v) is 5.73. The summed E-state index contributed by atoms with van der Waals surface area (Å²) in [5.41, 5.74) is 1.45. The lowest BCUT2D eigenvalue weighted by molar-refractivity contribution is -0.141. The van der Waals surface area contributed by atoms with Crippen LogP contribution in [0.4, 0.5) is 0 Å². The third-order valence-corrected chi connectivity index (χ3v) is 2.91. The van der Waals surface area contributed by atoms with Crippen molar-refractivity contribution in [3.63, 3.8) is 0 Å². The number of rotatable bonds is 4. The molecule has 0 spiro atoms. The van der Waals surface area contributed by atoms with Gasteiger partial charge in [-0.1, -0.05) is 28.9 Å². The Balaban J connectivity index is 2.88. The molecule has 0 aromatic heterocycles. The second-order valence-corrected chi connectivity index (χ2v) is 4.74. The normalized spacial score (nSPS) is 12.2. The largest absolute Gasteiger partial charge is 0.481 e. The van der Waals surface area contributed by atoms with E-state index in [1.54, 1.807) is 6.07 Å². The van der Waals surface area contributed by atoms with Crippen molar-refractivity contribution in [2.24, 2.45) is 5.92 Å². The minimum absolute atomic E-state index is 0.0344. The van der Waals surface area contributed by atoms with E-state index in [9.17, 15) is 9.59 Å². The van der Waals surface area contributed by atoms with Crippen LogP contribution in [0.3, 0.4) is 0 Å². The van der Waals surface area contributed by atoms with E-state index in [0.717, 1.165) is 10.0 Å². The van der Waals surface area contributed by atoms with E-state index in [4.69, 9.17) is 5.11 Å². The van der Waals surface area contributed by atoms with Gasteiger partial charge in [-0.05, 0) is 24.6 Å². The molecule has 1 rings (SSSR count). The molecule has 0 saturated heterocycles. The lowest BCUT2D eigenvalue weighted by Crippen LogP contribution is -2.15. The molecule has 0 bridgehead atoms. The van der Waals surface area contributed by atoms with E-state index in [2.05, 4.69) is 15.9 Å². The van der Waals surface area contributed by atoms with Crippen molar-refractivity contribution in [2.75, 3.05) is 0 Å². The van der Waals surface area contributed by atoms with E-state index < -0.39 is 11.9 Å². The predicted octanol–water partition coefficient (Wildman–Crippen LogP) is 3.05. The third-order valence-electron chi connectivity index (χ3n) is 2.41. The third kappa shape index (κ3) is 3.17. The lowest BCUT2D eigenvalue weighted by Gasteiger charge is -2.08. The highest BCUT2D eigenvalue weighted by atomic mass is 79.9. The maximum Gasteiger partial charge on any atom is 0.306 e. The fourth-order valence-electron chi connectivity index (χ4n) is 1.37. The molecule has 4 heteroatoms. The first kappa shape index (κ1) is 12.9. The molecule has 0 heterocycles. The van der Waals surface area contributed by atoms with E-state index in [0.29, 0.717) is 5.56 Å². The number of carbonyl (C=O) groups is 2. The van der Waals surface area contributed by atoms with Gasteiger partial charge in [-0.25, -0.2) is 0 Å². The molecule has 1 aromatic rings. The molecule has 1 atom stereocenters. The first-order chi connectivity index (χ1) is 7.41. The van der Waals surface area contributed by atoms with Crippen molar-refractivity contribution in [1.29, 1.82) is 0 Å². The number of ketones is 1. The van der Waals surface area contributed by atoms with E-state index in [1.165, 1.54) is 6.92 Å². The van der Waals surface area contributed by atoms with Crippen LogP contribution in [0.1, 0.15) is 29.3 Å². The summed E-state index contributed by atoms with van der Waals surface area (Å²) in [6.07, 6.45) is 0.0344. The zero-order valence-corrected chi connectivity index (χ0v) is 10.7. The minimum atomic E-state index is -0.944. The summed E-state index contributed by atoms with van der Waals surface area (Å²) >= 11 is 3.29. The van der Waals surface area contributed by atoms with Crippen LogP contribution in [0.15, 0.2) is 22.7 Å². The van der Waals surface area contributed by atoms with Crippen molar-refractivity contribution in [1.82, 2.24) is 0 Å². The number of halogens is 1. The zero-order chi connectivity index (χ0) is 12.3. The van der Waals surface area contributed by atoms with Gasteiger partial charge in [0.25, 0.3) is 0 Å². The van der Waals surface area contributed by atoms with Crippen LogP contribution in [0.25, 0.3) is 0 Å². The molecule has 3 nitrogen and oxygen atoms in total. The minimum Gasteiger partial charge on any atom is -0.481 e. The fraction of sp³-hybridized carbons (Fsp3) is 0.333. The van der Waals surface area contributed by atoms with Gasteiger partial charge in [0.15, 0.2) is 5.78 Å². The van der Waals surface area contributed by atoms with Gasteiger partial charge in [0.1, 0.15) is 0 Å². The summed E-state index contributed by atoms with van der Waals surface area (Å²) in [7, 11) is 0. The molecule has 86 valence electrons. The number of aliphatic carboxylic acids is 1. The second kappa shape index (κ2) is 5.25. The van der Waals surface area contributed by atoms with Gasteiger partial charge in [0, 0.05) is 16.5 Å². The number of hydrogen-bond acceptors (Lipinski definition) is 2. The summed E-state index contributed by atoms with van der Waals surface area (Å²) in [6.45, 7) is 3.37. The topological polar surface area (TPSA) is 54.4 Å². The van der Waals surface area contributed by atoms with Gasteiger partial charge in [0.2, 0.25) is 0 Å². The fourth-order valence-corrected chi connectivity index (χ4v) is 1.73. The Morgan fingerprint density at radius 1 is 1.44 bits per heavy atom. The number of benzene rings is 1. The van der Waals surface area contributed by atoms with Crippen LogP contribution < -0.4 is 0 Å². The number of carboxylic acids is 1. The molecule has 0 aliphatic carbocycles. The zero-order valence-electron chi connectivity index (χ0n) is 9.16. The van der Waals surface area contributed by atoms with Crippen LogP contribution in [-0.4, -0.2) is 16.9 Å². The standard InChI is InChI=1S/C12H13BrO3/c1-7-3-4-9(13)6-10(7)11(14)5-8(2)12(15)16/h3-4,6,8H,5H2,1-2H3,(H,15,16). The van der Waals surface area contributed by atoms with Crippen molar-refractivity contribution in [3.05, 3.63) is 33.8 Å². The monoisotopic (exact) mass is 284 g/mol. The SMILES string of the molecule is Cc1ccc(Br)cc1C(=O)CC(C)C(=O)O. The van der Waals surface area contributed by atoms with Gasteiger partial charge in [0.05, 0.1) is 5.92 Å². The highest BCUT2D eigenvalue weighted by Crippen LogP contribution is 2.19. The second-order valence-electron chi connectivity index (χ2n) is 3.83. The summed E-state index contributed by atoms with van der Waals surface area (Å²) in [5.74, 6) is -1.72. The molecule has 16 heavy (non-hydrogen) atoms. The maximum absolute atomic E-state index is 11.8. The molecular weight excluding hydrogens is 272 g/mol. The number of aryl methyl sites for hydroxylation is 1. The maximum atomic E-state index is 11.8. The van der Waals surface area contributed by atoms with Gasteiger partial charge in [-0.2, -0.15) is 0 Å².